The van der Waals surface area contributed by atoms with Gasteiger partial charge in [-0.1, -0.05) is 289 Å². The Hall–Kier alpha value is -4.37. The summed E-state index contributed by atoms with van der Waals surface area (Å²) in [6, 6.07) is 16.1. The zero-order valence-electron chi connectivity index (χ0n) is 70.1. The monoisotopic (exact) mass is 1830 g/mol. The maximum absolute atomic E-state index is 11.1. The highest BCUT2D eigenvalue weighted by molar-refractivity contribution is 5.87. The molecule has 22 heteroatoms. The third-order valence-corrected chi connectivity index (χ3v) is 17.3. The number of aliphatic hydroxyl groups is 1. The first-order chi connectivity index (χ1) is 52.2. The standard InChI is InChI=1S/C29H58O5.C26H44O8.C17H28O4.C14H26O5.18CH4/c1-4-6-7-8-9-10-11-12-13-14-15-16-17-18-19-20-22-32-24-25-34-28(5-2)26-27(3)33-23-21-29(30)31;1-6-23(32-16-14-30-20(3)4)19-25(34-13-12-29-7-2)18-21(5)31-15-17-33-24-10-8-22(9-11-24)26(27)28;1-4-16(20-11-10-18-3)14-15(2)19-12-13-21-17-8-6-5-7-9-17;1-5-13(18-7-6-15)10-12(4)17-8-9-19-14(16)11(2)3;;;;;;;;;;;;;;;;;;/h27-28H,4-26H2,1-3H3,(H,30,31);8-11,20-21,23,25H,6-7,12-19H2,1-5H3,(H,27,28);5-9,15-16H,4,10-14H2,1-3H3;12-13,15H,2,5-10H2,1,3-4H3;18*1H4. The van der Waals surface area contributed by atoms with Crippen molar-refractivity contribution < 1.29 is 105 Å². The Bertz CT molecular complexity index is 2270. The van der Waals surface area contributed by atoms with Crippen molar-refractivity contribution in [2.45, 2.75) is 452 Å². The average Bonchev–Trinajstić information content (AvgIpc) is 0.897. The number of carboxylic acids is 2. The molecule has 0 saturated heterocycles. The van der Waals surface area contributed by atoms with Gasteiger partial charge in [-0.3, -0.25) is 4.79 Å². The number of hydrogen-bond acceptors (Lipinski definition) is 20. The van der Waals surface area contributed by atoms with Crippen molar-refractivity contribution >= 4 is 17.9 Å². The number of carbonyl (C=O) groups excluding carboxylic acids is 1. The molecule has 0 aliphatic heterocycles. The number of aliphatic hydroxyl groups excluding tert-OH is 1. The molecule has 0 spiro atoms. The van der Waals surface area contributed by atoms with Crippen LogP contribution in [0.25, 0.3) is 0 Å². The minimum Gasteiger partial charge on any atom is -0.491 e. The van der Waals surface area contributed by atoms with Crippen LogP contribution in [0.5, 0.6) is 11.5 Å². The van der Waals surface area contributed by atoms with E-state index in [1.165, 1.54) is 108 Å². The first-order valence-corrected chi connectivity index (χ1v) is 41.3. The van der Waals surface area contributed by atoms with Gasteiger partial charge in [0.2, 0.25) is 0 Å². The highest BCUT2D eigenvalue weighted by Gasteiger charge is 2.21. The molecule has 0 amide bonds. The average molecular weight is 1830 g/mol. The zero-order valence-corrected chi connectivity index (χ0v) is 70.1. The van der Waals surface area contributed by atoms with Gasteiger partial charge in [-0.15, -0.1) is 0 Å². The fourth-order valence-electron chi connectivity index (χ4n) is 11.1. The van der Waals surface area contributed by atoms with E-state index in [4.69, 9.17) is 91.1 Å². The summed E-state index contributed by atoms with van der Waals surface area (Å²) in [4.78, 5) is 32.6. The number of unbranched alkanes of at least 4 members (excludes halogenated alkanes) is 15. The number of carbonyl (C=O) groups is 3. The number of aliphatic carboxylic acids is 1. The lowest BCUT2D eigenvalue weighted by molar-refractivity contribution is -0.141. The lowest BCUT2D eigenvalue weighted by Gasteiger charge is -2.26. The van der Waals surface area contributed by atoms with E-state index in [0.29, 0.717) is 110 Å². The number of ether oxygens (including phenoxy) is 16. The molecule has 0 saturated carbocycles. The summed E-state index contributed by atoms with van der Waals surface area (Å²) in [6.07, 6.45) is 30.8. The lowest BCUT2D eigenvalue weighted by atomic mass is 10.0. The van der Waals surface area contributed by atoms with Crippen LogP contribution in [-0.2, 0) is 75.9 Å². The number of hydrogen-bond donors (Lipinski definition) is 3. The van der Waals surface area contributed by atoms with Crippen LogP contribution in [0.4, 0.5) is 0 Å². The van der Waals surface area contributed by atoms with Gasteiger partial charge in [0.05, 0.1) is 166 Å². The molecule has 2 rings (SSSR count). The molecule has 9 unspecified atom stereocenters. The van der Waals surface area contributed by atoms with Crippen molar-refractivity contribution in [1.29, 1.82) is 0 Å². The molecule has 0 fully saturated rings. The van der Waals surface area contributed by atoms with E-state index in [1.54, 1.807) is 26.2 Å². The first-order valence-electron chi connectivity index (χ1n) is 41.3. The van der Waals surface area contributed by atoms with E-state index >= 15 is 0 Å². The van der Waals surface area contributed by atoms with E-state index in [0.717, 1.165) is 76.6 Å². The number of methoxy groups -OCH3 is 1. The van der Waals surface area contributed by atoms with Gasteiger partial charge in [-0.25, -0.2) is 9.59 Å². The molecule has 0 aliphatic rings. The second kappa shape index (κ2) is 127. The summed E-state index contributed by atoms with van der Waals surface area (Å²) in [5.74, 6) is -0.682. The molecular formula is C104H228O22. The van der Waals surface area contributed by atoms with Gasteiger partial charge in [0.15, 0.2) is 0 Å². The second-order valence-electron chi connectivity index (χ2n) is 27.6. The van der Waals surface area contributed by atoms with Gasteiger partial charge < -0.3 is 91.1 Å². The van der Waals surface area contributed by atoms with Gasteiger partial charge in [-0.2, -0.15) is 0 Å². The number of carboxylic acid groups (broad SMARTS) is 2. The van der Waals surface area contributed by atoms with E-state index in [1.807, 2.05) is 78.8 Å². The summed E-state index contributed by atoms with van der Waals surface area (Å²) in [5, 5.41) is 26.3. The number of aromatic carboxylic acids is 1. The predicted molar refractivity (Wildman–Crippen MR) is 552 cm³/mol. The number of para-hydroxylation sites is 1. The second-order valence-corrected chi connectivity index (χ2v) is 27.6. The molecule has 22 nitrogen and oxygen atoms in total. The van der Waals surface area contributed by atoms with Crippen LogP contribution in [0.15, 0.2) is 66.7 Å². The molecular weight excluding hydrogens is 1600 g/mol. The van der Waals surface area contributed by atoms with Crippen LogP contribution in [0.3, 0.4) is 0 Å². The normalized spacial score (nSPS) is 11.8. The quantitative estimate of drug-likeness (QED) is 0.0316. The van der Waals surface area contributed by atoms with Crippen LogP contribution in [-0.4, -0.2) is 227 Å². The lowest BCUT2D eigenvalue weighted by Crippen LogP contribution is -2.29. The van der Waals surface area contributed by atoms with Crippen LogP contribution in [0, 0.1) is 0 Å². The molecule has 9 atom stereocenters. The van der Waals surface area contributed by atoms with Crippen molar-refractivity contribution in [3.8, 4) is 11.5 Å². The van der Waals surface area contributed by atoms with E-state index in [2.05, 4.69) is 41.2 Å². The number of esters is 1. The van der Waals surface area contributed by atoms with Gasteiger partial charge >= 0.3 is 17.9 Å². The molecule has 3 N–H and O–H groups in total. The van der Waals surface area contributed by atoms with Gasteiger partial charge in [0, 0.05) is 25.9 Å². The third kappa shape index (κ3) is 116. The highest BCUT2D eigenvalue weighted by Crippen LogP contribution is 2.20. The van der Waals surface area contributed by atoms with Crippen molar-refractivity contribution in [2.24, 2.45) is 0 Å². The minimum atomic E-state index is -0.957. The molecule has 0 bridgehead atoms. The third-order valence-electron chi connectivity index (χ3n) is 17.3. The van der Waals surface area contributed by atoms with Crippen LogP contribution < -0.4 is 9.47 Å². The number of rotatable bonds is 72. The van der Waals surface area contributed by atoms with Crippen molar-refractivity contribution in [3.05, 3.63) is 72.3 Å². The summed E-state index contributed by atoms with van der Waals surface area (Å²) < 4.78 is 89.9. The smallest absolute Gasteiger partial charge is 0.335 e. The molecule has 776 valence electrons. The van der Waals surface area contributed by atoms with E-state index in [9.17, 15) is 14.4 Å². The topological polar surface area (TPSA) is 260 Å². The molecule has 0 aromatic heterocycles. The molecule has 126 heavy (non-hydrogen) atoms. The Morgan fingerprint density at radius 3 is 1.03 bits per heavy atom. The maximum Gasteiger partial charge on any atom is 0.335 e. The molecule has 0 radical (unpaired) electrons. The Morgan fingerprint density at radius 2 is 0.667 bits per heavy atom. The van der Waals surface area contributed by atoms with Crippen molar-refractivity contribution in [3.63, 3.8) is 0 Å². The zero-order chi connectivity index (χ0) is 80.3. The maximum atomic E-state index is 11.1. The highest BCUT2D eigenvalue weighted by atomic mass is 16.6. The number of benzene rings is 2. The Kier molecular flexibility index (Phi) is 173. The predicted octanol–water partition coefficient (Wildman–Crippen LogP) is 29.4. The van der Waals surface area contributed by atoms with Gasteiger partial charge in [0.25, 0.3) is 0 Å². The minimum absolute atomic E-state index is 0. The molecule has 2 aromatic carbocycles. The Labute approximate surface area is 787 Å². The van der Waals surface area contributed by atoms with Crippen LogP contribution in [0.2, 0.25) is 0 Å². The fraction of sp³-hybridized carbons (Fsp3) is 0.837. The Morgan fingerprint density at radius 1 is 0.341 bits per heavy atom. The van der Waals surface area contributed by atoms with Crippen molar-refractivity contribution in [2.75, 3.05) is 133 Å². The van der Waals surface area contributed by atoms with Gasteiger partial charge in [0.1, 0.15) is 31.3 Å². The largest absolute Gasteiger partial charge is 0.491 e. The van der Waals surface area contributed by atoms with E-state index < -0.39 is 17.9 Å². The Balaban J connectivity index is -0.0000000646. The van der Waals surface area contributed by atoms with Crippen molar-refractivity contribution in [1.82, 2.24) is 0 Å². The summed E-state index contributed by atoms with van der Waals surface area (Å²) >= 11 is 0. The molecule has 0 aliphatic carbocycles. The molecule has 0 heterocycles. The first kappa shape index (κ1) is 171. The van der Waals surface area contributed by atoms with Crippen LogP contribution >= 0.6 is 0 Å². The summed E-state index contributed by atoms with van der Waals surface area (Å²) in [7, 11) is 1.68. The summed E-state index contributed by atoms with van der Waals surface area (Å²) in [6.45, 7) is 39.2. The van der Waals surface area contributed by atoms with E-state index in [-0.39, 0.29) is 227 Å². The molecule has 2 aromatic rings. The summed E-state index contributed by atoms with van der Waals surface area (Å²) in [5.41, 5.74) is 0.617. The fourth-order valence-corrected chi connectivity index (χ4v) is 11.1. The van der Waals surface area contributed by atoms with Gasteiger partial charge in [-0.05, 0) is 156 Å². The SMILES string of the molecule is C.C.C.C.C.C.C.C.C.C.C.C.C.C.C.C.C.C.C=C(C)C(=O)OCCOC(C)CC(CC)OCCO.CCC(CC(C)OCCOc1ccccc1)OCCOC.CCCCCCCCCCCCCCCCCCOCCOC(CC)CC(C)OCCC(=O)O.CCOCCOC(CC(C)OCCOc1ccc(C(=O)O)cc1)CC(CC)OCCOC(C)C. The van der Waals surface area contributed by atoms with Crippen LogP contribution in [0.1, 0.15) is 401 Å².